The van der Waals surface area contributed by atoms with Gasteiger partial charge in [0.15, 0.2) is 0 Å². The van der Waals surface area contributed by atoms with Gasteiger partial charge in [0.1, 0.15) is 5.03 Å². The molecule has 0 aliphatic rings. The van der Waals surface area contributed by atoms with Gasteiger partial charge in [0.2, 0.25) is 0 Å². The molecule has 1 heterocycles. The predicted octanol–water partition coefficient (Wildman–Crippen LogP) is 4.14. The molecule has 0 saturated heterocycles. The first-order valence-electron chi connectivity index (χ1n) is 7.24. The highest BCUT2D eigenvalue weighted by Crippen LogP contribution is 2.37. The second-order valence-corrected chi connectivity index (χ2v) is 6.17. The van der Waals surface area contributed by atoms with Gasteiger partial charge in [-0.25, -0.2) is 0 Å². The first-order chi connectivity index (χ1) is 10.8. The van der Waals surface area contributed by atoms with Crippen molar-refractivity contribution < 1.29 is 5.11 Å². The average molecular weight is 310 g/mol. The molecule has 3 nitrogen and oxygen atoms in total. The topological polar surface area (TPSA) is 48.9 Å². The van der Waals surface area contributed by atoms with Gasteiger partial charge in [-0.3, -0.25) is 5.10 Å². The molecule has 3 rings (SSSR count). The van der Waals surface area contributed by atoms with Gasteiger partial charge < -0.3 is 5.11 Å². The van der Waals surface area contributed by atoms with Gasteiger partial charge in [-0.1, -0.05) is 60.2 Å². The van der Waals surface area contributed by atoms with Crippen LogP contribution in [0.2, 0.25) is 0 Å². The summed E-state index contributed by atoms with van der Waals surface area (Å²) in [7, 11) is 0. The van der Waals surface area contributed by atoms with Crippen LogP contribution >= 0.6 is 11.8 Å². The number of nitrogens with one attached hydrogen (secondary N) is 1. The summed E-state index contributed by atoms with van der Waals surface area (Å²) in [6, 6.07) is 18.7. The van der Waals surface area contributed by atoms with Crippen LogP contribution in [0.1, 0.15) is 5.56 Å². The zero-order valence-corrected chi connectivity index (χ0v) is 13.2. The van der Waals surface area contributed by atoms with E-state index in [9.17, 15) is 0 Å². The lowest BCUT2D eigenvalue weighted by Gasteiger charge is -2.06. The molecule has 0 atom stereocenters. The Morgan fingerprint density at radius 3 is 2.41 bits per heavy atom. The first-order valence-corrected chi connectivity index (χ1v) is 8.22. The molecule has 1 aromatic heterocycles. The number of aromatic nitrogens is 2. The van der Waals surface area contributed by atoms with E-state index in [-0.39, 0.29) is 6.61 Å². The first kappa shape index (κ1) is 14.9. The van der Waals surface area contributed by atoms with Crippen LogP contribution in [0.15, 0.2) is 59.6 Å². The third kappa shape index (κ3) is 3.08. The van der Waals surface area contributed by atoms with Crippen LogP contribution in [0.3, 0.4) is 0 Å². The quantitative estimate of drug-likeness (QED) is 0.696. The molecular weight excluding hydrogens is 292 g/mol. The van der Waals surface area contributed by atoms with Crippen molar-refractivity contribution in [2.24, 2.45) is 0 Å². The van der Waals surface area contributed by atoms with E-state index in [1.54, 1.807) is 11.8 Å². The second-order valence-electron chi connectivity index (χ2n) is 5.08. The Morgan fingerprint density at radius 1 is 1.00 bits per heavy atom. The van der Waals surface area contributed by atoms with Crippen molar-refractivity contribution in [1.29, 1.82) is 0 Å². The van der Waals surface area contributed by atoms with Crippen LogP contribution in [0.4, 0.5) is 0 Å². The van der Waals surface area contributed by atoms with Crippen LogP contribution < -0.4 is 0 Å². The molecule has 3 aromatic rings. The fourth-order valence-corrected chi connectivity index (χ4v) is 3.13. The summed E-state index contributed by atoms with van der Waals surface area (Å²) in [6.45, 7) is 2.23. The summed E-state index contributed by atoms with van der Waals surface area (Å²) in [4.78, 5) is 0. The summed E-state index contributed by atoms with van der Waals surface area (Å²) in [5.74, 6) is 0.637. The molecular formula is C18H18N2OS. The number of H-pyrrole nitrogens is 1. The van der Waals surface area contributed by atoms with Gasteiger partial charge in [0, 0.05) is 16.9 Å². The second kappa shape index (κ2) is 6.81. The predicted molar refractivity (Wildman–Crippen MR) is 92.0 cm³/mol. The van der Waals surface area contributed by atoms with E-state index in [0.717, 1.165) is 27.4 Å². The van der Waals surface area contributed by atoms with Crippen molar-refractivity contribution in [1.82, 2.24) is 10.2 Å². The average Bonchev–Trinajstić information content (AvgIpc) is 2.98. The summed E-state index contributed by atoms with van der Waals surface area (Å²) in [5.41, 5.74) is 5.61. The zero-order valence-electron chi connectivity index (χ0n) is 12.4. The number of nitrogens with zero attached hydrogens (tertiary/aromatic N) is 1. The highest BCUT2D eigenvalue weighted by Gasteiger charge is 2.16. The molecule has 0 bridgehead atoms. The Bertz CT molecular complexity index is 736. The monoisotopic (exact) mass is 310 g/mol. The molecule has 0 radical (unpaired) electrons. The minimum absolute atomic E-state index is 0.144. The van der Waals surface area contributed by atoms with E-state index in [4.69, 9.17) is 5.11 Å². The highest BCUT2D eigenvalue weighted by atomic mass is 32.2. The molecule has 0 aliphatic carbocycles. The maximum Gasteiger partial charge on any atom is 0.126 e. The number of hydrogen-bond acceptors (Lipinski definition) is 3. The summed E-state index contributed by atoms with van der Waals surface area (Å²) in [5, 5.41) is 17.6. The summed E-state index contributed by atoms with van der Waals surface area (Å²) < 4.78 is 0. The Balaban J connectivity index is 2.10. The Morgan fingerprint density at radius 2 is 1.73 bits per heavy atom. The van der Waals surface area contributed by atoms with Crippen molar-refractivity contribution in [3.63, 3.8) is 0 Å². The van der Waals surface area contributed by atoms with Gasteiger partial charge in [-0.15, -0.1) is 11.8 Å². The Labute approximate surface area is 134 Å². The fraction of sp³-hybridized carbons (Fsp3) is 0.167. The number of aryl methyl sites for hydroxylation is 1. The number of rotatable bonds is 5. The lowest BCUT2D eigenvalue weighted by Crippen LogP contribution is -1.88. The van der Waals surface area contributed by atoms with Crippen molar-refractivity contribution >= 4 is 11.8 Å². The molecule has 4 heteroatoms. The molecule has 0 saturated carbocycles. The van der Waals surface area contributed by atoms with Gasteiger partial charge in [-0.2, -0.15) is 5.10 Å². The van der Waals surface area contributed by atoms with Gasteiger partial charge >= 0.3 is 0 Å². The van der Waals surface area contributed by atoms with Crippen molar-refractivity contribution in [3.8, 4) is 22.4 Å². The maximum absolute atomic E-state index is 9.08. The number of thioether (sulfide) groups is 1. The SMILES string of the molecule is Cc1ccc(-c2[nH]nc(SCCO)c2-c2ccccc2)cc1. The molecule has 22 heavy (non-hydrogen) atoms. The lowest BCUT2D eigenvalue weighted by atomic mass is 10.0. The zero-order chi connectivity index (χ0) is 15.4. The fourth-order valence-electron chi connectivity index (χ4n) is 2.37. The summed E-state index contributed by atoms with van der Waals surface area (Å²) in [6.07, 6.45) is 0. The van der Waals surface area contributed by atoms with Crippen LogP contribution in [0.5, 0.6) is 0 Å². The number of aliphatic hydroxyl groups excluding tert-OH is 1. The van der Waals surface area contributed by atoms with Crippen LogP contribution in [0.25, 0.3) is 22.4 Å². The number of aliphatic hydroxyl groups is 1. The van der Waals surface area contributed by atoms with E-state index >= 15 is 0 Å². The molecule has 112 valence electrons. The molecule has 0 amide bonds. The smallest absolute Gasteiger partial charge is 0.126 e. The van der Waals surface area contributed by atoms with Crippen LogP contribution in [0, 0.1) is 6.92 Å². The highest BCUT2D eigenvalue weighted by molar-refractivity contribution is 7.99. The molecule has 2 N–H and O–H groups in total. The van der Waals surface area contributed by atoms with Gasteiger partial charge in [-0.05, 0) is 12.5 Å². The normalized spacial score (nSPS) is 10.8. The lowest BCUT2D eigenvalue weighted by molar-refractivity contribution is 0.322. The van der Waals surface area contributed by atoms with Crippen molar-refractivity contribution in [3.05, 3.63) is 60.2 Å². The van der Waals surface area contributed by atoms with Gasteiger partial charge in [0.25, 0.3) is 0 Å². The largest absolute Gasteiger partial charge is 0.396 e. The Hall–Kier alpha value is -2.04. The third-order valence-electron chi connectivity index (χ3n) is 3.47. The summed E-state index contributed by atoms with van der Waals surface area (Å²) >= 11 is 1.57. The minimum atomic E-state index is 0.144. The maximum atomic E-state index is 9.08. The number of aromatic amines is 1. The van der Waals surface area contributed by atoms with E-state index < -0.39 is 0 Å². The van der Waals surface area contributed by atoms with Crippen LogP contribution in [-0.4, -0.2) is 27.7 Å². The van der Waals surface area contributed by atoms with Crippen LogP contribution in [-0.2, 0) is 0 Å². The molecule has 0 aliphatic heterocycles. The van der Waals surface area contributed by atoms with E-state index in [1.165, 1.54) is 5.56 Å². The van der Waals surface area contributed by atoms with E-state index in [0.29, 0.717) is 5.75 Å². The Kier molecular flexibility index (Phi) is 4.61. The standard InChI is InChI=1S/C18H18N2OS/c1-13-7-9-15(10-8-13)17-16(14-5-3-2-4-6-14)18(20-19-17)22-12-11-21/h2-10,21H,11-12H2,1H3,(H,19,20). The number of benzene rings is 2. The molecule has 2 aromatic carbocycles. The minimum Gasteiger partial charge on any atom is -0.396 e. The molecule has 0 unspecified atom stereocenters. The van der Waals surface area contributed by atoms with E-state index in [2.05, 4.69) is 53.5 Å². The third-order valence-corrected chi connectivity index (χ3v) is 4.42. The van der Waals surface area contributed by atoms with Crippen molar-refractivity contribution in [2.45, 2.75) is 11.9 Å². The molecule has 0 spiro atoms. The van der Waals surface area contributed by atoms with Crippen molar-refractivity contribution in [2.75, 3.05) is 12.4 Å². The van der Waals surface area contributed by atoms with E-state index in [1.807, 2.05) is 18.2 Å². The molecule has 0 fully saturated rings. The number of hydrogen-bond donors (Lipinski definition) is 2. The van der Waals surface area contributed by atoms with Gasteiger partial charge in [0.05, 0.1) is 12.3 Å².